The van der Waals surface area contributed by atoms with Crippen LogP contribution in [0.5, 0.6) is 0 Å². The van der Waals surface area contributed by atoms with Crippen molar-refractivity contribution in [2.45, 2.75) is 71.3 Å². The number of carboxylic acids is 1. The van der Waals surface area contributed by atoms with Gasteiger partial charge in [-0.25, -0.2) is 0 Å². The lowest BCUT2D eigenvalue weighted by molar-refractivity contribution is -0.137. The standard InChI is InChI=1S/C13H27NO2/c1-3-4-5-6-7-9-12(2)14-11-8-10-13(15)16/h12,14H,3-11H2,1-2H3,(H,15,16). The molecule has 0 fully saturated rings. The fourth-order valence-corrected chi connectivity index (χ4v) is 1.74. The normalized spacial score (nSPS) is 12.6. The summed E-state index contributed by atoms with van der Waals surface area (Å²) < 4.78 is 0. The second kappa shape index (κ2) is 10.9. The number of hydrogen-bond donors (Lipinski definition) is 2. The average molecular weight is 229 g/mol. The van der Waals surface area contributed by atoms with Crippen molar-refractivity contribution >= 4 is 5.97 Å². The first-order valence-electron chi connectivity index (χ1n) is 6.62. The fraction of sp³-hybridized carbons (Fsp3) is 0.923. The van der Waals surface area contributed by atoms with E-state index in [1.165, 1.54) is 38.5 Å². The molecule has 0 aromatic rings. The van der Waals surface area contributed by atoms with Crippen LogP contribution >= 0.6 is 0 Å². The summed E-state index contributed by atoms with van der Waals surface area (Å²) >= 11 is 0. The molecule has 0 aliphatic heterocycles. The van der Waals surface area contributed by atoms with Crippen LogP contribution in [0.3, 0.4) is 0 Å². The van der Waals surface area contributed by atoms with E-state index in [9.17, 15) is 4.79 Å². The monoisotopic (exact) mass is 229 g/mol. The molecule has 0 aromatic carbocycles. The van der Waals surface area contributed by atoms with Crippen molar-refractivity contribution in [2.24, 2.45) is 0 Å². The molecule has 0 radical (unpaired) electrons. The number of carboxylic acid groups (broad SMARTS) is 1. The summed E-state index contributed by atoms with van der Waals surface area (Å²) in [6.07, 6.45) is 8.82. The molecule has 0 saturated heterocycles. The summed E-state index contributed by atoms with van der Waals surface area (Å²) in [7, 11) is 0. The summed E-state index contributed by atoms with van der Waals surface area (Å²) in [4.78, 5) is 10.3. The van der Waals surface area contributed by atoms with Gasteiger partial charge in [0.25, 0.3) is 0 Å². The van der Waals surface area contributed by atoms with E-state index >= 15 is 0 Å². The fourth-order valence-electron chi connectivity index (χ4n) is 1.74. The van der Waals surface area contributed by atoms with Crippen molar-refractivity contribution < 1.29 is 9.90 Å². The highest BCUT2D eigenvalue weighted by molar-refractivity contribution is 5.66. The van der Waals surface area contributed by atoms with E-state index in [0.29, 0.717) is 6.04 Å². The van der Waals surface area contributed by atoms with Crippen molar-refractivity contribution in [3.63, 3.8) is 0 Å². The lowest BCUT2D eigenvalue weighted by Gasteiger charge is -2.12. The largest absolute Gasteiger partial charge is 0.481 e. The van der Waals surface area contributed by atoms with E-state index in [4.69, 9.17) is 5.11 Å². The van der Waals surface area contributed by atoms with Gasteiger partial charge in [-0.3, -0.25) is 4.79 Å². The number of carbonyl (C=O) groups is 1. The third-order valence-corrected chi connectivity index (χ3v) is 2.80. The minimum atomic E-state index is -0.700. The van der Waals surface area contributed by atoms with Crippen LogP contribution in [0.4, 0.5) is 0 Å². The molecule has 1 atom stereocenters. The van der Waals surface area contributed by atoms with Gasteiger partial charge in [-0.1, -0.05) is 39.0 Å². The number of aliphatic carboxylic acids is 1. The smallest absolute Gasteiger partial charge is 0.303 e. The first kappa shape index (κ1) is 15.4. The molecule has 0 heterocycles. The summed E-state index contributed by atoms with van der Waals surface area (Å²) in [6, 6.07) is 0.524. The first-order chi connectivity index (χ1) is 7.66. The van der Waals surface area contributed by atoms with Crippen LogP contribution in [0.1, 0.15) is 65.2 Å². The predicted molar refractivity (Wildman–Crippen MR) is 67.7 cm³/mol. The molecular formula is C13H27NO2. The van der Waals surface area contributed by atoms with Crippen LogP contribution in [0.25, 0.3) is 0 Å². The lowest BCUT2D eigenvalue weighted by atomic mass is 10.1. The number of nitrogens with one attached hydrogen (secondary N) is 1. The van der Waals surface area contributed by atoms with Gasteiger partial charge in [0, 0.05) is 12.5 Å². The van der Waals surface area contributed by atoms with Crippen LogP contribution in [-0.4, -0.2) is 23.7 Å². The van der Waals surface area contributed by atoms with E-state index in [-0.39, 0.29) is 6.42 Å². The van der Waals surface area contributed by atoms with Crippen molar-refractivity contribution in [3.05, 3.63) is 0 Å². The Bertz CT molecular complexity index is 171. The molecule has 3 heteroatoms. The number of rotatable bonds is 11. The molecule has 2 N–H and O–H groups in total. The minimum Gasteiger partial charge on any atom is -0.481 e. The molecule has 0 bridgehead atoms. The van der Waals surface area contributed by atoms with Crippen LogP contribution in [-0.2, 0) is 4.79 Å². The van der Waals surface area contributed by atoms with Crippen LogP contribution in [0.2, 0.25) is 0 Å². The first-order valence-corrected chi connectivity index (χ1v) is 6.62. The van der Waals surface area contributed by atoms with Crippen molar-refractivity contribution in [2.75, 3.05) is 6.54 Å². The van der Waals surface area contributed by atoms with Crippen LogP contribution < -0.4 is 5.32 Å². The van der Waals surface area contributed by atoms with Gasteiger partial charge in [0.15, 0.2) is 0 Å². The molecule has 0 aliphatic rings. The van der Waals surface area contributed by atoms with Gasteiger partial charge in [0.05, 0.1) is 0 Å². The molecule has 3 nitrogen and oxygen atoms in total. The Morgan fingerprint density at radius 3 is 2.50 bits per heavy atom. The second-order valence-electron chi connectivity index (χ2n) is 4.56. The maximum Gasteiger partial charge on any atom is 0.303 e. The predicted octanol–water partition coefficient (Wildman–Crippen LogP) is 3.19. The van der Waals surface area contributed by atoms with Gasteiger partial charge in [-0.05, 0) is 26.3 Å². The Balaban J connectivity index is 3.18. The van der Waals surface area contributed by atoms with E-state index in [0.717, 1.165) is 13.0 Å². The number of unbranched alkanes of at least 4 members (excludes halogenated alkanes) is 4. The maximum atomic E-state index is 10.3. The van der Waals surface area contributed by atoms with Crippen molar-refractivity contribution in [3.8, 4) is 0 Å². The van der Waals surface area contributed by atoms with Gasteiger partial charge in [0.2, 0.25) is 0 Å². The minimum absolute atomic E-state index is 0.274. The van der Waals surface area contributed by atoms with E-state index in [1.807, 2.05) is 0 Å². The Hall–Kier alpha value is -0.570. The van der Waals surface area contributed by atoms with Crippen LogP contribution in [0.15, 0.2) is 0 Å². The van der Waals surface area contributed by atoms with Crippen molar-refractivity contribution in [1.82, 2.24) is 5.32 Å². The molecular weight excluding hydrogens is 202 g/mol. The van der Waals surface area contributed by atoms with Gasteiger partial charge in [0.1, 0.15) is 0 Å². The van der Waals surface area contributed by atoms with Gasteiger partial charge >= 0.3 is 5.97 Å². The molecule has 0 rings (SSSR count). The summed E-state index contributed by atoms with van der Waals surface area (Å²) in [6.45, 7) is 5.23. The molecule has 16 heavy (non-hydrogen) atoms. The molecule has 0 amide bonds. The number of hydrogen-bond acceptors (Lipinski definition) is 2. The molecule has 0 aromatic heterocycles. The summed E-state index contributed by atoms with van der Waals surface area (Å²) in [5.74, 6) is -0.700. The van der Waals surface area contributed by atoms with E-state index in [2.05, 4.69) is 19.2 Å². The molecule has 0 aliphatic carbocycles. The molecule has 0 saturated carbocycles. The Morgan fingerprint density at radius 1 is 1.19 bits per heavy atom. The van der Waals surface area contributed by atoms with Crippen LogP contribution in [0, 0.1) is 0 Å². The zero-order valence-electron chi connectivity index (χ0n) is 10.8. The SMILES string of the molecule is CCCCCCCC(C)NCCCC(=O)O. The highest BCUT2D eigenvalue weighted by atomic mass is 16.4. The summed E-state index contributed by atoms with van der Waals surface area (Å²) in [5.41, 5.74) is 0. The topological polar surface area (TPSA) is 49.3 Å². The highest BCUT2D eigenvalue weighted by Gasteiger charge is 2.01. The third-order valence-electron chi connectivity index (χ3n) is 2.80. The Labute approximate surface area is 99.6 Å². The Kier molecular flexibility index (Phi) is 10.5. The second-order valence-corrected chi connectivity index (χ2v) is 4.56. The van der Waals surface area contributed by atoms with E-state index in [1.54, 1.807) is 0 Å². The summed E-state index contributed by atoms with van der Waals surface area (Å²) in [5, 5.41) is 11.8. The molecule has 0 spiro atoms. The zero-order valence-corrected chi connectivity index (χ0v) is 10.8. The van der Waals surface area contributed by atoms with E-state index < -0.39 is 5.97 Å². The van der Waals surface area contributed by atoms with Gasteiger partial charge < -0.3 is 10.4 Å². The van der Waals surface area contributed by atoms with Gasteiger partial charge in [-0.15, -0.1) is 0 Å². The molecule has 96 valence electrons. The maximum absolute atomic E-state index is 10.3. The van der Waals surface area contributed by atoms with Gasteiger partial charge in [-0.2, -0.15) is 0 Å². The Morgan fingerprint density at radius 2 is 1.88 bits per heavy atom. The quantitative estimate of drug-likeness (QED) is 0.535. The third kappa shape index (κ3) is 11.5. The highest BCUT2D eigenvalue weighted by Crippen LogP contribution is 2.07. The lowest BCUT2D eigenvalue weighted by Crippen LogP contribution is -2.27. The zero-order chi connectivity index (χ0) is 12.2. The molecule has 1 unspecified atom stereocenters. The average Bonchev–Trinajstić information content (AvgIpc) is 2.24. The van der Waals surface area contributed by atoms with Crippen molar-refractivity contribution in [1.29, 1.82) is 0 Å².